The highest BCUT2D eigenvalue weighted by Crippen LogP contribution is 2.32. The summed E-state index contributed by atoms with van der Waals surface area (Å²) in [5.41, 5.74) is 8.13. The summed E-state index contributed by atoms with van der Waals surface area (Å²) in [6, 6.07) is 8.18. The number of nitrogens with zero attached hydrogens (tertiary/aromatic N) is 7. The van der Waals surface area contributed by atoms with Crippen molar-refractivity contribution in [3.63, 3.8) is 0 Å². The quantitative estimate of drug-likeness (QED) is 0.432. The summed E-state index contributed by atoms with van der Waals surface area (Å²) in [7, 11) is 3.99. The average molecular weight is 435 g/mol. The van der Waals surface area contributed by atoms with Gasteiger partial charge in [-0.1, -0.05) is 0 Å². The smallest absolute Gasteiger partial charge is 0.139 e. The minimum Gasteiger partial charge on any atom is -0.376 e. The molecule has 0 aromatic carbocycles. The predicted octanol–water partition coefficient (Wildman–Crippen LogP) is 4.12. The third-order valence-corrected chi connectivity index (χ3v) is 5.74. The van der Waals surface area contributed by atoms with Crippen molar-refractivity contribution in [2.75, 3.05) is 19.0 Å². The summed E-state index contributed by atoms with van der Waals surface area (Å²) in [5, 5.41) is 9.65. The highest BCUT2D eigenvalue weighted by Gasteiger charge is 2.15. The zero-order chi connectivity index (χ0) is 22.5. The first-order chi connectivity index (χ1) is 16.1. The van der Waals surface area contributed by atoms with E-state index in [0.717, 1.165) is 61.7 Å². The van der Waals surface area contributed by atoms with Crippen LogP contribution >= 0.6 is 0 Å². The molecular weight excluding hydrogens is 414 g/mol. The monoisotopic (exact) mass is 435 g/mol. The Bertz CT molecular complexity index is 1620. The lowest BCUT2D eigenvalue weighted by atomic mass is 10.1. The zero-order valence-electron chi connectivity index (χ0n) is 18.4. The van der Waals surface area contributed by atoms with Crippen LogP contribution in [0, 0.1) is 6.92 Å². The lowest BCUT2D eigenvalue weighted by molar-refractivity contribution is 1.06. The standard InChI is InChI=1S/C24H21N9/c1-14-12-33(13-28-14)22-4-5-26-24-18(22)8-20(29-24)23-17-7-19(27-11-21(17)30-31-23)15-6-16(32(2)3)10-25-9-15/h4-13H,1-3H3,(H,26,29)(H,30,31). The van der Waals surface area contributed by atoms with E-state index >= 15 is 0 Å². The van der Waals surface area contributed by atoms with Gasteiger partial charge in [-0.15, -0.1) is 0 Å². The van der Waals surface area contributed by atoms with Crippen LogP contribution in [0.5, 0.6) is 0 Å². The molecule has 9 nitrogen and oxygen atoms in total. The van der Waals surface area contributed by atoms with Gasteiger partial charge in [0.15, 0.2) is 0 Å². The molecule has 6 heterocycles. The predicted molar refractivity (Wildman–Crippen MR) is 128 cm³/mol. The van der Waals surface area contributed by atoms with E-state index in [0.29, 0.717) is 0 Å². The van der Waals surface area contributed by atoms with Crippen LogP contribution in [0.4, 0.5) is 5.69 Å². The molecule has 33 heavy (non-hydrogen) atoms. The van der Waals surface area contributed by atoms with E-state index < -0.39 is 0 Å². The molecule has 0 saturated heterocycles. The van der Waals surface area contributed by atoms with E-state index in [-0.39, 0.29) is 0 Å². The number of hydrogen-bond acceptors (Lipinski definition) is 6. The summed E-state index contributed by atoms with van der Waals surface area (Å²) in [6.07, 6.45) is 11.1. The van der Waals surface area contributed by atoms with Crippen LogP contribution in [0.1, 0.15) is 5.69 Å². The first-order valence-corrected chi connectivity index (χ1v) is 10.5. The number of aromatic amines is 2. The highest BCUT2D eigenvalue weighted by molar-refractivity contribution is 5.97. The van der Waals surface area contributed by atoms with Crippen molar-refractivity contribution in [2.24, 2.45) is 0 Å². The molecule has 0 saturated carbocycles. The molecule has 0 aliphatic carbocycles. The number of anilines is 1. The Hall–Kier alpha value is -4.53. The molecule has 6 rings (SSSR count). The maximum Gasteiger partial charge on any atom is 0.139 e. The second kappa shape index (κ2) is 7.27. The van der Waals surface area contributed by atoms with Crippen LogP contribution < -0.4 is 4.90 Å². The number of rotatable bonds is 4. The number of aromatic nitrogens is 8. The fourth-order valence-corrected chi connectivity index (χ4v) is 4.01. The molecule has 0 bridgehead atoms. The molecule has 0 aliphatic heterocycles. The Morgan fingerprint density at radius 2 is 1.88 bits per heavy atom. The third-order valence-electron chi connectivity index (χ3n) is 5.74. The van der Waals surface area contributed by atoms with Crippen LogP contribution in [0.2, 0.25) is 0 Å². The van der Waals surface area contributed by atoms with Crippen molar-refractivity contribution in [1.82, 2.24) is 39.7 Å². The van der Waals surface area contributed by atoms with Gasteiger partial charge in [0.1, 0.15) is 11.3 Å². The number of fused-ring (bicyclic) bond motifs is 2. The van der Waals surface area contributed by atoms with Gasteiger partial charge in [-0.3, -0.25) is 15.1 Å². The maximum atomic E-state index is 4.62. The fraction of sp³-hybridized carbons (Fsp3) is 0.125. The van der Waals surface area contributed by atoms with E-state index in [2.05, 4.69) is 47.2 Å². The maximum absolute atomic E-state index is 4.62. The Balaban J connectivity index is 1.48. The number of imidazole rings is 1. The molecule has 0 unspecified atom stereocenters. The van der Waals surface area contributed by atoms with Crippen molar-refractivity contribution < 1.29 is 0 Å². The van der Waals surface area contributed by atoms with Gasteiger partial charge < -0.3 is 14.5 Å². The van der Waals surface area contributed by atoms with E-state index in [9.17, 15) is 0 Å². The zero-order valence-corrected chi connectivity index (χ0v) is 18.4. The largest absolute Gasteiger partial charge is 0.376 e. The molecule has 0 radical (unpaired) electrons. The van der Waals surface area contributed by atoms with E-state index in [1.165, 1.54) is 0 Å². The van der Waals surface area contributed by atoms with Crippen LogP contribution in [0.25, 0.3) is 50.3 Å². The second-order valence-corrected chi connectivity index (χ2v) is 8.21. The minimum atomic E-state index is 0.794. The average Bonchev–Trinajstić information content (AvgIpc) is 3.55. The fourth-order valence-electron chi connectivity index (χ4n) is 4.01. The Morgan fingerprint density at radius 1 is 0.970 bits per heavy atom. The van der Waals surface area contributed by atoms with Crippen LogP contribution in [0.15, 0.2) is 61.6 Å². The van der Waals surface area contributed by atoms with Crippen molar-refractivity contribution in [3.05, 3.63) is 67.3 Å². The van der Waals surface area contributed by atoms with Crippen molar-refractivity contribution >= 4 is 27.6 Å². The van der Waals surface area contributed by atoms with Crippen LogP contribution in [-0.4, -0.2) is 53.8 Å². The summed E-state index contributed by atoms with van der Waals surface area (Å²) >= 11 is 0. The molecule has 6 aromatic rings. The second-order valence-electron chi connectivity index (χ2n) is 8.21. The van der Waals surface area contributed by atoms with Gasteiger partial charge >= 0.3 is 0 Å². The molecule has 9 heteroatoms. The van der Waals surface area contributed by atoms with Crippen molar-refractivity contribution in [3.8, 4) is 28.3 Å². The Morgan fingerprint density at radius 3 is 2.70 bits per heavy atom. The number of aryl methyl sites for hydroxylation is 1. The van der Waals surface area contributed by atoms with E-state index in [1.807, 2.05) is 73.7 Å². The van der Waals surface area contributed by atoms with Gasteiger partial charge in [0.25, 0.3) is 0 Å². The number of nitrogens with one attached hydrogen (secondary N) is 2. The first kappa shape index (κ1) is 19.2. The third kappa shape index (κ3) is 3.21. The summed E-state index contributed by atoms with van der Waals surface area (Å²) in [5.74, 6) is 0. The van der Waals surface area contributed by atoms with Crippen molar-refractivity contribution in [1.29, 1.82) is 0 Å². The number of hydrogen-bond donors (Lipinski definition) is 2. The van der Waals surface area contributed by atoms with Crippen LogP contribution in [0.3, 0.4) is 0 Å². The Kier molecular flexibility index (Phi) is 4.22. The van der Waals surface area contributed by atoms with Gasteiger partial charge in [-0.25, -0.2) is 9.97 Å². The molecule has 0 amide bonds. The van der Waals surface area contributed by atoms with Gasteiger partial charge in [0.05, 0.1) is 52.7 Å². The lowest BCUT2D eigenvalue weighted by Crippen LogP contribution is -2.08. The Labute approximate surface area is 189 Å². The van der Waals surface area contributed by atoms with Gasteiger partial charge in [0, 0.05) is 49.0 Å². The first-order valence-electron chi connectivity index (χ1n) is 10.5. The summed E-state index contributed by atoms with van der Waals surface area (Å²) < 4.78 is 2.01. The number of H-pyrrole nitrogens is 2. The molecular formula is C24H21N9. The van der Waals surface area contributed by atoms with Gasteiger partial charge in [-0.2, -0.15) is 5.10 Å². The topological polar surface area (TPSA) is 104 Å². The van der Waals surface area contributed by atoms with E-state index in [4.69, 9.17) is 0 Å². The van der Waals surface area contributed by atoms with Gasteiger partial charge in [-0.05, 0) is 31.2 Å². The molecule has 0 aliphatic rings. The van der Waals surface area contributed by atoms with E-state index in [1.54, 1.807) is 6.20 Å². The normalized spacial score (nSPS) is 11.5. The molecule has 0 fully saturated rings. The molecule has 0 spiro atoms. The minimum absolute atomic E-state index is 0.794. The SMILES string of the molecule is Cc1cn(-c2ccnc3[nH]c(-c4n[nH]c5cnc(-c6cncc(N(C)C)c6)cc45)cc23)cn1. The van der Waals surface area contributed by atoms with Gasteiger partial charge in [0.2, 0.25) is 0 Å². The number of pyridine rings is 3. The summed E-state index contributed by atoms with van der Waals surface area (Å²) in [6.45, 7) is 1.97. The lowest BCUT2D eigenvalue weighted by Gasteiger charge is -2.12. The molecule has 0 atom stereocenters. The highest BCUT2D eigenvalue weighted by atomic mass is 15.1. The molecule has 162 valence electrons. The molecule has 6 aromatic heterocycles. The molecule has 2 N–H and O–H groups in total. The van der Waals surface area contributed by atoms with Crippen LogP contribution in [-0.2, 0) is 0 Å². The summed E-state index contributed by atoms with van der Waals surface area (Å²) in [4.78, 5) is 23.3. The van der Waals surface area contributed by atoms with Crippen molar-refractivity contribution in [2.45, 2.75) is 6.92 Å².